The molecule has 2 fully saturated rings. The smallest absolute Gasteiger partial charge is 0.319 e. The summed E-state index contributed by atoms with van der Waals surface area (Å²) in [6, 6.07) is 4.78. The van der Waals surface area contributed by atoms with Gasteiger partial charge in [-0.1, -0.05) is 39.5 Å². The number of nitrogens with zero attached hydrogens (tertiary/aromatic N) is 9. The van der Waals surface area contributed by atoms with Crippen LogP contribution in [0, 0.1) is 22.7 Å². The number of nitrogen functional groups attached to an aromatic ring is 1. The SMILES string of the molecule is CCCCOc1nc(N)c2[nH]c(C#N)c(CCCCCN3CCN(C)C(Nc4nc(OCCCC)nc5c(CCCCCN6CCC[C@H]6C(N)=O)c(C#N)[nH]c45)C3=O)c2n1. The van der Waals surface area contributed by atoms with Gasteiger partial charge in [0.15, 0.2) is 17.8 Å². The van der Waals surface area contributed by atoms with E-state index in [2.05, 4.69) is 56.1 Å². The summed E-state index contributed by atoms with van der Waals surface area (Å²) in [6.45, 7) is 8.61. The van der Waals surface area contributed by atoms with E-state index in [1.165, 1.54) is 0 Å². The highest BCUT2D eigenvalue weighted by Crippen LogP contribution is 2.31. The second-order valence-electron chi connectivity index (χ2n) is 15.8. The Morgan fingerprint density at radius 2 is 1.42 bits per heavy atom. The van der Waals surface area contributed by atoms with E-state index >= 15 is 0 Å². The molecule has 0 spiro atoms. The first kappa shape index (κ1) is 43.8. The van der Waals surface area contributed by atoms with Gasteiger partial charge in [0, 0.05) is 30.8 Å². The van der Waals surface area contributed by atoms with Crippen molar-refractivity contribution in [1.29, 1.82) is 10.5 Å². The molecule has 0 radical (unpaired) electrons. The predicted octanol–water partition coefficient (Wildman–Crippen LogP) is 4.50. The van der Waals surface area contributed by atoms with Gasteiger partial charge in [0.05, 0.1) is 19.3 Å². The van der Waals surface area contributed by atoms with Crippen LogP contribution >= 0.6 is 0 Å². The monoisotopic (exact) mass is 824 g/mol. The highest BCUT2D eigenvalue weighted by Gasteiger charge is 2.34. The van der Waals surface area contributed by atoms with E-state index in [9.17, 15) is 20.1 Å². The van der Waals surface area contributed by atoms with Crippen molar-refractivity contribution >= 4 is 45.5 Å². The van der Waals surface area contributed by atoms with Crippen LogP contribution in [0.15, 0.2) is 0 Å². The van der Waals surface area contributed by atoms with Crippen LogP contribution in [-0.4, -0.2) is 122 Å². The molecule has 2 aliphatic heterocycles. The van der Waals surface area contributed by atoms with Crippen LogP contribution in [0.4, 0.5) is 11.6 Å². The zero-order chi connectivity index (χ0) is 42.6. The summed E-state index contributed by atoms with van der Waals surface area (Å²) in [6.07, 6.45) is 11.0. The van der Waals surface area contributed by atoms with Crippen molar-refractivity contribution in [2.24, 2.45) is 5.73 Å². The number of carbonyl (C=O) groups is 2. The largest absolute Gasteiger partial charge is 0.463 e. The lowest BCUT2D eigenvalue weighted by atomic mass is 10.1. The van der Waals surface area contributed by atoms with Crippen molar-refractivity contribution in [2.45, 2.75) is 116 Å². The molecular weight excluding hydrogens is 765 g/mol. The zero-order valence-electron chi connectivity index (χ0n) is 35.3. The third-order valence-electron chi connectivity index (χ3n) is 11.6. The Morgan fingerprint density at radius 3 is 2.03 bits per heavy atom. The van der Waals surface area contributed by atoms with Crippen molar-refractivity contribution < 1.29 is 19.1 Å². The van der Waals surface area contributed by atoms with E-state index in [1.54, 1.807) is 0 Å². The zero-order valence-corrected chi connectivity index (χ0v) is 35.3. The van der Waals surface area contributed by atoms with Crippen molar-refractivity contribution in [2.75, 3.05) is 64.0 Å². The third kappa shape index (κ3) is 10.3. The van der Waals surface area contributed by atoms with Gasteiger partial charge in [-0.05, 0) is 84.3 Å². The van der Waals surface area contributed by atoms with Crippen LogP contribution in [0.5, 0.6) is 12.0 Å². The maximum Gasteiger partial charge on any atom is 0.319 e. The number of aromatic amines is 2. The number of rotatable bonds is 23. The number of hydrogen-bond acceptors (Lipinski definition) is 14. The van der Waals surface area contributed by atoms with E-state index < -0.39 is 6.17 Å². The molecule has 18 heteroatoms. The minimum atomic E-state index is -0.698. The first-order chi connectivity index (χ1) is 29.2. The molecule has 0 saturated carbocycles. The number of aryl methyl sites for hydroxylation is 2. The average Bonchev–Trinajstić information content (AvgIpc) is 3.96. The van der Waals surface area contributed by atoms with Gasteiger partial charge in [0.2, 0.25) is 5.91 Å². The molecule has 1 unspecified atom stereocenters. The number of H-pyrrole nitrogens is 2. The lowest BCUT2D eigenvalue weighted by molar-refractivity contribution is -0.139. The predicted molar refractivity (Wildman–Crippen MR) is 228 cm³/mol. The number of unbranched alkanes of at least 4 members (excludes halogenated alkanes) is 6. The number of fused-ring (bicyclic) bond motifs is 2. The summed E-state index contributed by atoms with van der Waals surface area (Å²) in [5.74, 6) is 0.330. The first-order valence-electron chi connectivity index (χ1n) is 21.6. The standard InChI is InChI=1S/C42H60N14O4/c1-4-6-23-59-41-49-32-27(29(25-43)47-34(32)36(45)51-41)15-11-9-13-19-56-22-21-54(3)39(40(56)58)52-38-35-33(50-42(53-38)60-24-7-5-2)28(30(26-44)48-35)16-10-8-12-18-55-20-14-17-31(55)37(46)57/h31,39,47-48H,4-24H2,1-3H3,(H2,46,57)(H2,45,49,51)(H,50,52,53)/t31-,39?/m0/s1. The minimum absolute atomic E-state index is 0.0704. The van der Waals surface area contributed by atoms with Crippen LogP contribution in [-0.2, 0) is 22.4 Å². The Morgan fingerprint density at radius 1 is 0.817 bits per heavy atom. The van der Waals surface area contributed by atoms with Gasteiger partial charge in [-0.2, -0.15) is 30.5 Å². The Labute approximate surface area is 351 Å². The summed E-state index contributed by atoms with van der Waals surface area (Å²) in [5.41, 5.74) is 16.6. The van der Waals surface area contributed by atoms with Gasteiger partial charge in [0.25, 0.3) is 5.91 Å². The highest BCUT2D eigenvalue weighted by atomic mass is 16.5. The summed E-state index contributed by atoms with van der Waals surface area (Å²) >= 11 is 0. The van der Waals surface area contributed by atoms with Crippen molar-refractivity contribution in [1.82, 2.24) is 44.6 Å². The molecule has 7 N–H and O–H groups in total. The molecule has 2 saturated heterocycles. The molecule has 0 aliphatic carbocycles. The molecule has 2 aliphatic rings. The number of likely N-dealkylation sites (tertiary alicyclic amines) is 1. The Kier molecular flexibility index (Phi) is 15.3. The van der Waals surface area contributed by atoms with Gasteiger partial charge in [-0.3, -0.25) is 19.4 Å². The van der Waals surface area contributed by atoms with Crippen LogP contribution in [0.1, 0.15) is 113 Å². The number of anilines is 2. The van der Waals surface area contributed by atoms with E-state index in [4.69, 9.17) is 30.9 Å². The van der Waals surface area contributed by atoms with E-state index in [-0.39, 0.29) is 35.7 Å². The van der Waals surface area contributed by atoms with Gasteiger partial charge in [-0.15, -0.1) is 0 Å². The summed E-state index contributed by atoms with van der Waals surface area (Å²) < 4.78 is 11.7. The van der Waals surface area contributed by atoms with Crippen molar-refractivity contribution in [3.63, 3.8) is 0 Å². The van der Waals surface area contributed by atoms with Gasteiger partial charge in [0.1, 0.15) is 45.6 Å². The van der Waals surface area contributed by atoms with Gasteiger partial charge in [-0.25, -0.2) is 0 Å². The Hall–Kier alpha value is -5.72. The summed E-state index contributed by atoms with van der Waals surface area (Å²) in [4.78, 5) is 56.6. The number of hydrogen-bond donors (Lipinski definition) is 5. The van der Waals surface area contributed by atoms with Gasteiger partial charge < -0.3 is 41.1 Å². The number of ether oxygens (including phenoxy) is 2. The number of aromatic nitrogens is 6. The molecule has 322 valence electrons. The van der Waals surface area contributed by atoms with Crippen LogP contribution in [0.3, 0.4) is 0 Å². The fourth-order valence-corrected chi connectivity index (χ4v) is 8.13. The Balaban J connectivity index is 1.10. The van der Waals surface area contributed by atoms with E-state index in [1.807, 2.05) is 16.8 Å². The third-order valence-corrected chi connectivity index (χ3v) is 11.6. The maximum absolute atomic E-state index is 14.1. The molecule has 4 aromatic heterocycles. The molecule has 0 bridgehead atoms. The average molecular weight is 825 g/mol. The molecule has 60 heavy (non-hydrogen) atoms. The fraction of sp³-hybridized carbons (Fsp3) is 0.619. The highest BCUT2D eigenvalue weighted by molar-refractivity contribution is 5.93. The number of piperazine rings is 1. The lowest BCUT2D eigenvalue weighted by Gasteiger charge is -2.39. The fourth-order valence-electron chi connectivity index (χ4n) is 8.13. The number of likely N-dealkylation sites (N-methyl/N-ethyl adjacent to an activating group) is 1. The number of nitriles is 2. The van der Waals surface area contributed by atoms with Crippen LogP contribution < -0.4 is 26.3 Å². The summed E-state index contributed by atoms with van der Waals surface area (Å²) in [7, 11) is 1.91. The molecule has 6 rings (SSSR count). The molecule has 4 aromatic rings. The van der Waals surface area contributed by atoms with E-state index in [0.717, 1.165) is 101 Å². The molecular formula is C42H60N14O4. The molecule has 6 heterocycles. The van der Waals surface area contributed by atoms with Crippen LogP contribution in [0.25, 0.3) is 22.1 Å². The summed E-state index contributed by atoms with van der Waals surface area (Å²) in [5, 5.41) is 23.5. The molecule has 2 atom stereocenters. The van der Waals surface area contributed by atoms with Crippen molar-refractivity contribution in [3.05, 3.63) is 22.5 Å². The van der Waals surface area contributed by atoms with Gasteiger partial charge >= 0.3 is 12.0 Å². The topological polar surface area (TPSA) is 257 Å². The van der Waals surface area contributed by atoms with Crippen LogP contribution in [0.2, 0.25) is 0 Å². The quantitative estimate of drug-likeness (QED) is 0.0646. The number of primary amides is 1. The van der Waals surface area contributed by atoms with Crippen molar-refractivity contribution in [3.8, 4) is 24.2 Å². The maximum atomic E-state index is 14.1. The minimum Gasteiger partial charge on any atom is -0.463 e. The normalized spacial score (nSPS) is 17.4. The number of amides is 2. The number of nitrogens with one attached hydrogen (secondary N) is 3. The first-order valence-corrected chi connectivity index (χ1v) is 21.6. The molecule has 0 aromatic carbocycles. The number of carbonyl (C=O) groups excluding carboxylic acids is 2. The lowest BCUT2D eigenvalue weighted by Crippen LogP contribution is -2.58. The second kappa shape index (κ2) is 21.0. The Bertz CT molecular complexity index is 2190. The number of nitrogens with two attached hydrogens (primary N) is 2. The molecule has 2 amide bonds. The van der Waals surface area contributed by atoms with E-state index in [0.29, 0.717) is 85.0 Å². The second-order valence-corrected chi connectivity index (χ2v) is 15.8. The molecule has 18 nitrogen and oxygen atoms in total.